The number of hydrogen-bond acceptors (Lipinski definition) is 7. The van der Waals surface area contributed by atoms with Gasteiger partial charge in [-0.05, 0) is 38.0 Å². The van der Waals surface area contributed by atoms with Gasteiger partial charge in [-0.2, -0.15) is 0 Å². The topological polar surface area (TPSA) is 244 Å². The summed E-state index contributed by atoms with van der Waals surface area (Å²) in [4.78, 5) is 66.0. The first-order chi connectivity index (χ1) is 16.3. The maximum absolute atomic E-state index is 13.3. The van der Waals surface area contributed by atoms with Gasteiger partial charge in [-0.1, -0.05) is 13.8 Å². The molecule has 10 N–H and O–H groups in total. The van der Waals surface area contributed by atoms with Crippen LogP contribution >= 0.6 is 0 Å². The second-order valence-electron chi connectivity index (χ2n) is 8.93. The average molecular weight is 500 g/mol. The van der Waals surface area contributed by atoms with Crippen LogP contribution in [-0.4, -0.2) is 88.0 Å². The molecule has 1 aliphatic rings. The van der Waals surface area contributed by atoms with E-state index in [9.17, 15) is 29.1 Å². The Hall–Kier alpha value is -3.42. The number of likely N-dealkylation sites (tertiary alicyclic amines) is 1. The van der Waals surface area contributed by atoms with Crippen molar-refractivity contribution in [3.8, 4) is 0 Å². The van der Waals surface area contributed by atoms with Gasteiger partial charge in [0.1, 0.15) is 18.1 Å². The van der Waals surface area contributed by atoms with Crippen molar-refractivity contribution >= 4 is 35.6 Å². The zero-order valence-corrected chi connectivity index (χ0v) is 20.1. The number of nitrogens with one attached hydrogen (secondary N) is 2. The molecule has 1 fully saturated rings. The van der Waals surface area contributed by atoms with Crippen LogP contribution in [0.3, 0.4) is 0 Å². The van der Waals surface area contributed by atoms with Gasteiger partial charge in [0.05, 0.1) is 12.5 Å². The molecule has 14 nitrogen and oxygen atoms in total. The van der Waals surface area contributed by atoms with Crippen LogP contribution in [0.4, 0.5) is 0 Å². The first kappa shape index (κ1) is 29.6. The molecule has 0 aliphatic carbocycles. The van der Waals surface area contributed by atoms with E-state index in [1.165, 1.54) is 4.90 Å². The smallest absolute Gasteiger partial charge is 0.326 e. The third-order valence-corrected chi connectivity index (χ3v) is 5.46. The Bertz CT molecular complexity index is 814. The molecule has 0 aromatic carbocycles. The maximum Gasteiger partial charge on any atom is 0.326 e. The first-order valence-corrected chi connectivity index (χ1v) is 11.5. The van der Waals surface area contributed by atoms with E-state index in [0.717, 1.165) is 0 Å². The fraction of sp³-hybridized carbons (Fsp3) is 0.714. The van der Waals surface area contributed by atoms with Crippen molar-refractivity contribution in [3.63, 3.8) is 0 Å². The van der Waals surface area contributed by atoms with Crippen LogP contribution in [-0.2, 0) is 24.0 Å². The Balaban J connectivity index is 2.88. The van der Waals surface area contributed by atoms with Crippen molar-refractivity contribution < 1.29 is 34.2 Å². The Kier molecular flexibility index (Phi) is 11.9. The molecule has 0 radical (unpaired) electrons. The number of aliphatic imine (C=N–C) groups is 1. The van der Waals surface area contributed by atoms with Crippen molar-refractivity contribution in [3.05, 3.63) is 0 Å². The van der Waals surface area contributed by atoms with Gasteiger partial charge in [0.2, 0.25) is 17.7 Å². The zero-order valence-electron chi connectivity index (χ0n) is 20.1. The number of carbonyl (C=O) groups is 5. The lowest BCUT2D eigenvalue weighted by Crippen LogP contribution is -2.57. The lowest BCUT2D eigenvalue weighted by molar-refractivity contribution is -0.148. The van der Waals surface area contributed by atoms with Crippen LogP contribution in [0.15, 0.2) is 4.99 Å². The summed E-state index contributed by atoms with van der Waals surface area (Å²) in [7, 11) is 0. The van der Waals surface area contributed by atoms with Crippen molar-refractivity contribution in [1.29, 1.82) is 0 Å². The van der Waals surface area contributed by atoms with Gasteiger partial charge >= 0.3 is 11.9 Å². The normalized spacial score (nSPS) is 17.8. The second-order valence-corrected chi connectivity index (χ2v) is 8.93. The van der Waals surface area contributed by atoms with E-state index in [1.54, 1.807) is 0 Å². The lowest BCUT2D eigenvalue weighted by Gasteiger charge is -2.30. The highest BCUT2D eigenvalue weighted by Crippen LogP contribution is 2.21. The highest BCUT2D eigenvalue weighted by molar-refractivity contribution is 5.95. The first-order valence-electron chi connectivity index (χ1n) is 11.5. The molecule has 0 saturated carbocycles. The molecule has 0 aromatic heterocycles. The number of carboxylic acids is 2. The van der Waals surface area contributed by atoms with Gasteiger partial charge < -0.3 is 42.9 Å². The van der Waals surface area contributed by atoms with E-state index in [-0.39, 0.29) is 24.8 Å². The van der Waals surface area contributed by atoms with Gasteiger partial charge in [0.15, 0.2) is 5.96 Å². The van der Waals surface area contributed by atoms with Gasteiger partial charge in [-0.3, -0.25) is 24.2 Å². The summed E-state index contributed by atoms with van der Waals surface area (Å²) < 4.78 is 0. The molecule has 4 unspecified atom stereocenters. The highest BCUT2D eigenvalue weighted by atomic mass is 16.4. The average Bonchev–Trinajstić information content (AvgIpc) is 3.24. The zero-order chi connectivity index (χ0) is 26.7. The van der Waals surface area contributed by atoms with Crippen LogP contribution in [0, 0.1) is 5.92 Å². The summed E-state index contributed by atoms with van der Waals surface area (Å²) in [6.07, 6.45) is 1.03. The Morgan fingerprint density at radius 1 is 1.09 bits per heavy atom. The van der Waals surface area contributed by atoms with Crippen LogP contribution in [0.5, 0.6) is 0 Å². The molecule has 198 valence electrons. The summed E-state index contributed by atoms with van der Waals surface area (Å²) in [6, 6.07) is -4.43. The van der Waals surface area contributed by atoms with Gasteiger partial charge in [-0.25, -0.2) is 4.79 Å². The molecule has 1 saturated heterocycles. The van der Waals surface area contributed by atoms with Crippen molar-refractivity contribution in [2.24, 2.45) is 28.1 Å². The number of carbonyl (C=O) groups excluding carboxylic acids is 3. The predicted molar refractivity (Wildman–Crippen MR) is 126 cm³/mol. The van der Waals surface area contributed by atoms with E-state index < -0.39 is 60.2 Å². The molecule has 35 heavy (non-hydrogen) atoms. The summed E-state index contributed by atoms with van der Waals surface area (Å²) in [5.41, 5.74) is 16.5. The van der Waals surface area contributed by atoms with Gasteiger partial charge in [0.25, 0.3) is 0 Å². The molecule has 1 aliphatic heterocycles. The number of nitrogens with zero attached hydrogens (tertiary/aromatic N) is 2. The summed E-state index contributed by atoms with van der Waals surface area (Å²) in [6.45, 7) is 4.29. The quantitative estimate of drug-likeness (QED) is 0.0781. The van der Waals surface area contributed by atoms with Crippen LogP contribution in [0.1, 0.15) is 52.4 Å². The van der Waals surface area contributed by atoms with Crippen molar-refractivity contribution in [2.45, 2.75) is 76.5 Å². The SMILES string of the molecule is CC(C)CC(NC(=O)C(N)CCCN=C(N)N)C(=O)N1CCCC1C(=O)NC(CC(=O)O)C(=O)O. The molecule has 0 spiro atoms. The number of amides is 3. The van der Waals surface area contributed by atoms with Gasteiger partial charge in [0, 0.05) is 13.1 Å². The molecular formula is C21H37N7O7. The Morgan fingerprint density at radius 3 is 2.29 bits per heavy atom. The molecular weight excluding hydrogens is 462 g/mol. The molecule has 1 heterocycles. The van der Waals surface area contributed by atoms with E-state index in [2.05, 4.69) is 15.6 Å². The molecule has 1 rings (SSSR count). The Labute approximate surface area is 203 Å². The van der Waals surface area contributed by atoms with Crippen LogP contribution in [0.2, 0.25) is 0 Å². The summed E-state index contributed by atoms with van der Waals surface area (Å²) in [5, 5.41) is 23.0. The molecule has 0 bridgehead atoms. The van der Waals surface area contributed by atoms with E-state index in [0.29, 0.717) is 32.2 Å². The van der Waals surface area contributed by atoms with E-state index in [1.807, 2.05) is 13.8 Å². The number of hydrogen-bond donors (Lipinski definition) is 7. The fourth-order valence-electron chi connectivity index (χ4n) is 3.77. The molecule has 0 aromatic rings. The van der Waals surface area contributed by atoms with Crippen molar-refractivity contribution in [2.75, 3.05) is 13.1 Å². The summed E-state index contributed by atoms with van der Waals surface area (Å²) >= 11 is 0. The Morgan fingerprint density at radius 2 is 1.74 bits per heavy atom. The largest absolute Gasteiger partial charge is 0.481 e. The number of guanidine groups is 1. The van der Waals surface area contributed by atoms with Gasteiger partial charge in [-0.15, -0.1) is 0 Å². The van der Waals surface area contributed by atoms with E-state index in [4.69, 9.17) is 22.3 Å². The molecule has 3 amide bonds. The third-order valence-electron chi connectivity index (χ3n) is 5.46. The lowest BCUT2D eigenvalue weighted by atomic mass is 10.0. The van der Waals surface area contributed by atoms with Crippen LogP contribution < -0.4 is 27.8 Å². The number of carboxylic acid groups (broad SMARTS) is 2. The monoisotopic (exact) mass is 499 g/mol. The number of rotatable bonds is 14. The van der Waals surface area contributed by atoms with E-state index >= 15 is 0 Å². The summed E-state index contributed by atoms with van der Waals surface area (Å²) in [5.74, 6) is -4.67. The maximum atomic E-state index is 13.3. The molecule has 4 atom stereocenters. The van der Waals surface area contributed by atoms with Crippen molar-refractivity contribution in [1.82, 2.24) is 15.5 Å². The predicted octanol–water partition coefficient (Wildman–Crippen LogP) is -2.07. The minimum Gasteiger partial charge on any atom is -0.481 e. The molecule has 14 heteroatoms. The standard InChI is InChI=1S/C21H37N7O7/c1-11(2)9-13(26-17(31)12(22)5-3-7-25-21(23)24)19(33)28-8-4-6-15(28)18(32)27-14(20(34)35)10-16(29)30/h11-15H,3-10,22H2,1-2H3,(H,26,31)(H,27,32)(H,29,30)(H,34,35)(H4,23,24,25). The third kappa shape index (κ3) is 10.2. The highest BCUT2D eigenvalue weighted by Gasteiger charge is 2.39. The minimum atomic E-state index is -1.62. The minimum absolute atomic E-state index is 0.0316. The van der Waals surface area contributed by atoms with Crippen LogP contribution in [0.25, 0.3) is 0 Å². The fourth-order valence-corrected chi connectivity index (χ4v) is 3.77. The number of nitrogens with two attached hydrogens (primary N) is 3. The second kappa shape index (κ2) is 14.1. The number of aliphatic carboxylic acids is 2.